The predicted octanol–water partition coefficient (Wildman–Crippen LogP) is 2.20. The number of rotatable bonds is 0. The van der Waals surface area contributed by atoms with Crippen LogP contribution in [0.4, 0.5) is 0 Å². The largest absolute Gasteiger partial charge is 0.106 e. The van der Waals surface area contributed by atoms with Crippen LogP contribution >= 0.6 is 0 Å². The first-order valence-electron chi connectivity index (χ1n) is 3.36. The molecule has 0 atom stereocenters. The lowest BCUT2D eigenvalue weighted by molar-refractivity contribution is 0.712. The highest BCUT2D eigenvalue weighted by Gasteiger charge is 2.10. The van der Waals surface area contributed by atoms with E-state index in [2.05, 4.69) is 11.8 Å². The van der Waals surface area contributed by atoms with E-state index >= 15 is 0 Å². The summed E-state index contributed by atoms with van der Waals surface area (Å²) in [6.45, 7) is 1.93. The van der Waals surface area contributed by atoms with Crippen molar-refractivity contribution in [1.82, 2.24) is 0 Å². The Morgan fingerprint density at radius 1 is 1.25 bits per heavy atom. The summed E-state index contributed by atoms with van der Waals surface area (Å²) < 4.78 is 0. The normalized spacial score (nSPS) is 20.1. The molecule has 1 aliphatic rings. The molecule has 44 valence electrons. The first-order valence-corrected chi connectivity index (χ1v) is 3.36. The first kappa shape index (κ1) is 5.69. The molecule has 1 fully saturated rings. The molecule has 0 bridgehead atoms. The SMILES string of the molecule is CC#CC1CCCC1. The fraction of sp³-hybridized carbons (Fsp3) is 0.750. The highest BCUT2D eigenvalue weighted by molar-refractivity contribution is 5.02. The fourth-order valence-corrected chi connectivity index (χ4v) is 1.27. The third-order valence-corrected chi connectivity index (χ3v) is 1.70. The lowest BCUT2D eigenvalue weighted by Gasteiger charge is -1.92. The van der Waals surface area contributed by atoms with Crippen LogP contribution in [0.3, 0.4) is 0 Å². The summed E-state index contributed by atoms with van der Waals surface area (Å²) in [6, 6.07) is 0. The average Bonchev–Trinajstić information content (AvgIpc) is 2.19. The average molecular weight is 108 g/mol. The lowest BCUT2D eigenvalue weighted by atomic mass is 10.1. The Labute approximate surface area is 51.3 Å². The van der Waals surface area contributed by atoms with E-state index in [1.807, 2.05) is 6.92 Å². The van der Waals surface area contributed by atoms with Crippen LogP contribution in [0.1, 0.15) is 32.6 Å². The molecule has 0 spiro atoms. The molecule has 0 amide bonds. The maximum absolute atomic E-state index is 3.19. The van der Waals surface area contributed by atoms with Crippen LogP contribution in [0.2, 0.25) is 0 Å². The van der Waals surface area contributed by atoms with Crippen molar-refractivity contribution in [3.63, 3.8) is 0 Å². The van der Waals surface area contributed by atoms with Gasteiger partial charge in [0.2, 0.25) is 0 Å². The van der Waals surface area contributed by atoms with Crippen molar-refractivity contribution >= 4 is 0 Å². The van der Waals surface area contributed by atoms with Gasteiger partial charge in [-0.15, -0.1) is 11.8 Å². The molecule has 0 heteroatoms. The molecule has 0 heterocycles. The van der Waals surface area contributed by atoms with Crippen molar-refractivity contribution in [2.45, 2.75) is 32.6 Å². The molecule has 1 aliphatic carbocycles. The van der Waals surface area contributed by atoms with Gasteiger partial charge in [0.15, 0.2) is 0 Å². The third kappa shape index (κ3) is 1.26. The van der Waals surface area contributed by atoms with Crippen LogP contribution in [-0.4, -0.2) is 0 Å². The Morgan fingerprint density at radius 2 is 1.88 bits per heavy atom. The second-order valence-corrected chi connectivity index (χ2v) is 2.38. The molecule has 0 aromatic heterocycles. The fourth-order valence-electron chi connectivity index (χ4n) is 1.27. The molecule has 1 rings (SSSR count). The van der Waals surface area contributed by atoms with Crippen LogP contribution < -0.4 is 0 Å². The summed E-state index contributed by atoms with van der Waals surface area (Å²) in [4.78, 5) is 0. The van der Waals surface area contributed by atoms with E-state index in [1.54, 1.807) is 0 Å². The van der Waals surface area contributed by atoms with Crippen molar-refractivity contribution in [2.75, 3.05) is 0 Å². The van der Waals surface area contributed by atoms with Gasteiger partial charge in [0.1, 0.15) is 0 Å². The molecule has 0 nitrogen and oxygen atoms in total. The summed E-state index contributed by atoms with van der Waals surface area (Å²) in [5, 5.41) is 0. The Hall–Kier alpha value is -0.440. The molecule has 0 saturated heterocycles. The zero-order valence-corrected chi connectivity index (χ0v) is 5.41. The van der Waals surface area contributed by atoms with E-state index < -0.39 is 0 Å². The van der Waals surface area contributed by atoms with E-state index in [-0.39, 0.29) is 0 Å². The minimum absolute atomic E-state index is 0.750. The minimum atomic E-state index is 0.750. The van der Waals surface area contributed by atoms with Crippen LogP contribution in [0.25, 0.3) is 0 Å². The monoisotopic (exact) mass is 108 g/mol. The Morgan fingerprint density at radius 3 is 2.38 bits per heavy atom. The molecule has 0 radical (unpaired) electrons. The zero-order chi connectivity index (χ0) is 5.82. The van der Waals surface area contributed by atoms with Crippen LogP contribution in [0.5, 0.6) is 0 Å². The lowest BCUT2D eigenvalue weighted by Crippen LogP contribution is -1.84. The van der Waals surface area contributed by atoms with E-state index in [4.69, 9.17) is 0 Å². The minimum Gasteiger partial charge on any atom is -0.106 e. The van der Waals surface area contributed by atoms with Gasteiger partial charge in [-0.2, -0.15) is 0 Å². The van der Waals surface area contributed by atoms with E-state index in [0.29, 0.717) is 0 Å². The molecule has 0 aliphatic heterocycles. The predicted molar refractivity (Wildman–Crippen MR) is 35.4 cm³/mol. The van der Waals surface area contributed by atoms with Gasteiger partial charge in [0.25, 0.3) is 0 Å². The number of hydrogen-bond donors (Lipinski definition) is 0. The third-order valence-electron chi connectivity index (χ3n) is 1.70. The highest BCUT2D eigenvalue weighted by atomic mass is 14.1. The van der Waals surface area contributed by atoms with Gasteiger partial charge in [-0.1, -0.05) is 12.8 Å². The molecule has 1 saturated carbocycles. The zero-order valence-electron chi connectivity index (χ0n) is 5.41. The maximum atomic E-state index is 3.19. The molecule has 8 heavy (non-hydrogen) atoms. The Balaban J connectivity index is 2.32. The van der Waals surface area contributed by atoms with Gasteiger partial charge in [0, 0.05) is 5.92 Å². The molecule has 0 N–H and O–H groups in total. The summed E-state index contributed by atoms with van der Waals surface area (Å²) in [5.41, 5.74) is 0. The van der Waals surface area contributed by atoms with Gasteiger partial charge < -0.3 is 0 Å². The molecule has 0 unspecified atom stereocenters. The second-order valence-electron chi connectivity index (χ2n) is 2.38. The van der Waals surface area contributed by atoms with Crippen molar-refractivity contribution in [3.05, 3.63) is 0 Å². The van der Waals surface area contributed by atoms with Gasteiger partial charge in [-0.05, 0) is 19.8 Å². The second kappa shape index (κ2) is 2.77. The van der Waals surface area contributed by atoms with Gasteiger partial charge in [-0.3, -0.25) is 0 Å². The van der Waals surface area contributed by atoms with Crippen LogP contribution in [0, 0.1) is 17.8 Å². The standard InChI is InChI=1S/C8H12/c1-2-5-8-6-3-4-7-8/h8H,3-4,6-7H2,1H3. The highest BCUT2D eigenvalue weighted by Crippen LogP contribution is 2.23. The summed E-state index contributed by atoms with van der Waals surface area (Å²) in [7, 11) is 0. The van der Waals surface area contributed by atoms with Crippen molar-refractivity contribution in [2.24, 2.45) is 5.92 Å². The Kier molecular flexibility index (Phi) is 1.97. The van der Waals surface area contributed by atoms with E-state index in [9.17, 15) is 0 Å². The molecule has 0 aromatic rings. The van der Waals surface area contributed by atoms with E-state index in [0.717, 1.165) is 5.92 Å². The number of hydrogen-bond acceptors (Lipinski definition) is 0. The quantitative estimate of drug-likeness (QED) is 0.417. The molecule has 0 aromatic carbocycles. The summed E-state index contributed by atoms with van der Waals surface area (Å²) in [5.74, 6) is 6.90. The van der Waals surface area contributed by atoms with Crippen molar-refractivity contribution < 1.29 is 0 Å². The van der Waals surface area contributed by atoms with Crippen molar-refractivity contribution in [3.8, 4) is 11.8 Å². The molecular weight excluding hydrogens is 96.1 g/mol. The first-order chi connectivity index (χ1) is 3.93. The maximum Gasteiger partial charge on any atom is 0.0202 e. The Bertz CT molecular complexity index is 108. The molecular formula is C8H12. The van der Waals surface area contributed by atoms with Crippen LogP contribution in [-0.2, 0) is 0 Å². The van der Waals surface area contributed by atoms with Gasteiger partial charge in [0.05, 0.1) is 0 Å². The van der Waals surface area contributed by atoms with Crippen LogP contribution in [0.15, 0.2) is 0 Å². The van der Waals surface area contributed by atoms with Crippen molar-refractivity contribution in [1.29, 1.82) is 0 Å². The van der Waals surface area contributed by atoms with E-state index in [1.165, 1.54) is 25.7 Å². The van der Waals surface area contributed by atoms with Gasteiger partial charge in [-0.25, -0.2) is 0 Å². The summed E-state index contributed by atoms with van der Waals surface area (Å²) >= 11 is 0. The van der Waals surface area contributed by atoms with Gasteiger partial charge >= 0.3 is 0 Å². The summed E-state index contributed by atoms with van der Waals surface area (Å²) in [6.07, 6.45) is 5.50. The smallest absolute Gasteiger partial charge is 0.0202 e. The topological polar surface area (TPSA) is 0 Å².